The number of hydrogen-bond donors (Lipinski definition) is 0. The minimum Gasteiger partial charge on any atom is -1.00 e. The fourth-order valence-corrected chi connectivity index (χ4v) is 16.1. The molecule has 0 saturated carbocycles. The van der Waals surface area contributed by atoms with E-state index in [0.29, 0.717) is 0 Å². The Balaban J connectivity index is 0.00000200. The minimum atomic E-state index is -3.27. The first-order valence-electron chi connectivity index (χ1n) is 24.9. The fourth-order valence-electron chi connectivity index (χ4n) is 10.9. The number of rotatable bonds is 16. The molecule has 0 aliphatic carbocycles. The molecule has 0 amide bonds. The van der Waals surface area contributed by atoms with E-state index >= 15 is 0 Å². The van der Waals surface area contributed by atoms with Crippen LogP contribution in [0.2, 0.25) is 0 Å². The summed E-state index contributed by atoms with van der Waals surface area (Å²) in [4.78, 5) is 0. The number of fused-ring (bicyclic) bond motifs is 1. The summed E-state index contributed by atoms with van der Waals surface area (Å²) in [6.07, 6.45) is 5.11. The van der Waals surface area contributed by atoms with Gasteiger partial charge >= 0.3 is 21.7 Å². The second-order valence-electron chi connectivity index (χ2n) is 19.2. The van der Waals surface area contributed by atoms with E-state index in [0.717, 1.165) is 38.5 Å². The zero-order valence-corrected chi connectivity index (χ0v) is 46.2. The summed E-state index contributed by atoms with van der Waals surface area (Å²) in [5, 5.41) is 8.26. The Morgan fingerprint density at radius 2 is 0.473 bits per heavy atom. The summed E-state index contributed by atoms with van der Waals surface area (Å²) in [7, 11) is -3.27. The van der Waals surface area contributed by atoms with Crippen LogP contribution in [-0.4, -0.2) is 8.07 Å². The fraction of sp³-hybridized carbons (Fsp3) is 0.0870. The Labute approximate surface area is 473 Å². The Morgan fingerprint density at radius 3 is 0.716 bits per heavy atom. The van der Waals surface area contributed by atoms with Crippen molar-refractivity contribution in [1.29, 1.82) is 0 Å². The van der Waals surface area contributed by atoms with E-state index in [1.54, 1.807) is 0 Å². The summed E-state index contributed by atoms with van der Waals surface area (Å²) >= 11 is 0. The SMILES string of the molecule is [Cl-].[Cl-].[Cl-].[Ti+4].c1ccc(Cc2cc(Cc3ccccc3)cc([Si](c3cc(Cc4ccccc4)cc(Cc4ccccc4)c3)(c3cc(Cc4ccccc4)cc(Cc4ccccc4)c3)c3cc4ccccc4[cH-]3)c2)cc1. The second-order valence-corrected chi connectivity index (χ2v) is 23.0. The van der Waals surface area contributed by atoms with Crippen molar-refractivity contribution in [1.82, 2.24) is 0 Å². The van der Waals surface area contributed by atoms with Crippen molar-refractivity contribution < 1.29 is 58.9 Å². The molecule has 0 atom stereocenters. The first-order chi connectivity index (χ1) is 34.6. The number of hydrogen-bond acceptors (Lipinski definition) is 0. The van der Waals surface area contributed by atoms with Gasteiger partial charge in [0.15, 0.2) is 8.07 Å². The van der Waals surface area contributed by atoms with E-state index in [1.165, 1.54) is 98.3 Å². The third-order valence-corrected chi connectivity index (χ3v) is 18.6. The van der Waals surface area contributed by atoms with Gasteiger partial charge in [0.25, 0.3) is 0 Å². The molecule has 0 saturated heterocycles. The van der Waals surface area contributed by atoms with Crippen LogP contribution in [0.1, 0.15) is 66.8 Å². The topological polar surface area (TPSA) is 0 Å². The molecule has 0 heterocycles. The van der Waals surface area contributed by atoms with E-state index in [2.05, 4.69) is 273 Å². The number of benzene rings is 10. The molecule has 0 bridgehead atoms. The second kappa shape index (κ2) is 26.2. The molecule has 0 aliphatic heterocycles. The molecule has 0 radical (unpaired) electrons. The van der Waals surface area contributed by atoms with Crippen molar-refractivity contribution in [2.45, 2.75) is 38.5 Å². The maximum atomic E-state index is 2.62. The average Bonchev–Trinajstić information content (AvgIpc) is 3.85. The van der Waals surface area contributed by atoms with Crippen molar-refractivity contribution in [3.8, 4) is 0 Å². The Kier molecular flexibility index (Phi) is 19.6. The largest absolute Gasteiger partial charge is 4.00 e. The summed E-state index contributed by atoms with van der Waals surface area (Å²) in [6.45, 7) is 0. The molecule has 11 aromatic carbocycles. The van der Waals surface area contributed by atoms with Crippen LogP contribution in [0, 0.1) is 0 Å². The minimum absolute atomic E-state index is 0. The van der Waals surface area contributed by atoms with Crippen LogP contribution in [0.15, 0.2) is 273 Å². The summed E-state index contributed by atoms with van der Waals surface area (Å²) in [5.74, 6) is 0. The first-order valence-corrected chi connectivity index (χ1v) is 26.9. The standard InChI is InChI=1S/C69H57Si.3ClH.Ti/c1-7-21-52(22-8-1)35-58-41-59(36-53-23-9-2-10-24-53)45-66(44-58)70(69-50-64-33-19-20-34-65(64)51-69,67-46-60(37-54-25-11-3-12-26-54)42-61(47-67)38-55-27-13-4-14-28-55)68-48-62(39-56-29-15-5-16-30-56)43-63(49-68)40-57-31-17-6-18-32-57;;;;/h1-34,41-51H,35-40H2;3*1H;/q-1;;;;+4/p-3. The predicted molar refractivity (Wildman–Crippen MR) is 299 cm³/mol. The zero-order chi connectivity index (χ0) is 47.0. The molecule has 74 heavy (non-hydrogen) atoms. The number of halogens is 3. The molecule has 0 aliphatic rings. The molecule has 0 nitrogen and oxygen atoms in total. The molecule has 0 aromatic heterocycles. The van der Waals surface area contributed by atoms with Crippen LogP contribution in [-0.2, 0) is 60.2 Å². The van der Waals surface area contributed by atoms with Gasteiger partial charge in [0.2, 0.25) is 0 Å². The van der Waals surface area contributed by atoms with Crippen LogP contribution < -0.4 is 58.0 Å². The summed E-state index contributed by atoms with van der Waals surface area (Å²) < 4.78 is 0. The monoisotopic (exact) mass is 1070 g/mol. The molecule has 11 aromatic rings. The van der Waals surface area contributed by atoms with Gasteiger partial charge in [-0.1, -0.05) is 243 Å². The van der Waals surface area contributed by atoms with Gasteiger partial charge < -0.3 is 37.2 Å². The van der Waals surface area contributed by atoms with E-state index in [4.69, 9.17) is 0 Å². The third-order valence-electron chi connectivity index (χ3n) is 14.0. The smallest absolute Gasteiger partial charge is 1.00 e. The van der Waals surface area contributed by atoms with Crippen LogP contribution in [0.25, 0.3) is 10.8 Å². The molecular weight excluding hydrogens is 1010 g/mol. The van der Waals surface area contributed by atoms with Crippen molar-refractivity contribution in [2.24, 2.45) is 0 Å². The molecule has 0 spiro atoms. The molecule has 11 rings (SSSR count). The van der Waals surface area contributed by atoms with Gasteiger partial charge in [-0.25, -0.2) is 0 Å². The summed E-state index contributed by atoms with van der Waals surface area (Å²) in [6, 6.07) is 104. The molecule has 0 unspecified atom stereocenters. The van der Waals surface area contributed by atoms with Crippen molar-refractivity contribution in [3.05, 3.63) is 340 Å². The first kappa shape index (κ1) is 55.4. The Morgan fingerprint density at radius 1 is 0.243 bits per heavy atom. The molecule has 362 valence electrons. The van der Waals surface area contributed by atoms with Gasteiger partial charge in [0.05, 0.1) is 0 Å². The van der Waals surface area contributed by atoms with E-state index < -0.39 is 8.07 Å². The van der Waals surface area contributed by atoms with Crippen LogP contribution in [0.5, 0.6) is 0 Å². The van der Waals surface area contributed by atoms with Crippen LogP contribution in [0.3, 0.4) is 0 Å². The Hall–Kier alpha value is -6.39. The van der Waals surface area contributed by atoms with Gasteiger partial charge in [-0.15, -0.1) is 34.8 Å². The van der Waals surface area contributed by atoms with Crippen LogP contribution in [0.4, 0.5) is 0 Å². The van der Waals surface area contributed by atoms with Crippen molar-refractivity contribution >= 4 is 39.6 Å². The van der Waals surface area contributed by atoms with E-state index in [9.17, 15) is 0 Å². The van der Waals surface area contributed by atoms with Gasteiger partial charge in [-0.3, -0.25) is 0 Å². The van der Waals surface area contributed by atoms with Gasteiger partial charge in [0.1, 0.15) is 0 Å². The van der Waals surface area contributed by atoms with E-state index in [1.807, 2.05) is 0 Å². The molecule has 0 N–H and O–H groups in total. The van der Waals surface area contributed by atoms with Crippen LogP contribution >= 0.6 is 0 Å². The molecular formula is C69H57Cl3SiTi. The third kappa shape index (κ3) is 13.1. The zero-order valence-electron chi connectivity index (χ0n) is 41.4. The van der Waals surface area contributed by atoms with Crippen molar-refractivity contribution in [2.75, 3.05) is 0 Å². The van der Waals surface area contributed by atoms with Gasteiger partial charge in [-0.05, 0) is 121 Å². The normalized spacial score (nSPS) is 10.9. The quantitative estimate of drug-likeness (QED) is 0.0762. The summed E-state index contributed by atoms with van der Waals surface area (Å²) in [5.41, 5.74) is 16.0. The van der Waals surface area contributed by atoms with Crippen molar-refractivity contribution in [3.63, 3.8) is 0 Å². The predicted octanol–water partition coefficient (Wildman–Crippen LogP) is 4.49. The molecule has 0 fully saturated rings. The Bertz CT molecular complexity index is 2950. The maximum absolute atomic E-state index is 3.27. The molecule has 5 heteroatoms. The maximum Gasteiger partial charge on any atom is 4.00 e. The van der Waals surface area contributed by atoms with Gasteiger partial charge in [-0.2, -0.15) is 11.5 Å². The van der Waals surface area contributed by atoms with Gasteiger partial charge in [0, 0.05) is 0 Å². The average molecular weight is 1070 g/mol. The van der Waals surface area contributed by atoms with E-state index in [-0.39, 0.29) is 58.9 Å².